The fourth-order valence-electron chi connectivity index (χ4n) is 2.16. The van der Waals surface area contributed by atoms with E-state index in [9.17, 15) is 9.36 Å². The minimum Gasteiger partial charge on any atom is -0.308 e. The summed E-state index contributed by atoms with van der Waals surface area (Å²) in [4.78, 5) is 11.7. The summed E-state index contributed by atoms with van der Waals surface area (Å²) in [5.41, 5.74) is 0.681. The Kier molecular flexibility index (Phi) is 7.36. The van der Waals surface area contributed by atoms with Crippen molar-refractivity contribution in [3.8, 4) is 0 Å². The van der Waals surface area contributed by atoms with Crippen molar-refractivity contribution in [2.75, 3.05) is 13.2 Å². The van der Waals surface area contributed by atoms with Crippen LogP contribution >= 0.6 is 55.4 Å². The number of halogens is 3. The van der Waals surface area contributed by atoms with Gasteiger partial charge in [0.25, 0.3) is 0 Å². The first-order valence-corrected chi connectivity index (χ1v) is 10.9. The fraction of sp³-hybridized carbons (Fsp3) is 0.769. The summed E-state index contributed by atoms with van der Waals surface area (Å²) in [7, 11) is -3.45. The van der Waals surface area contributed by atoms with Crippen molar-refractivity contribution in [1.29, 1.82) is 0 Å². The van der Waals surface area contributed by atoms with E-state index in [0.29, 0.717) is 5.57 Å². The predicted octanol–water partition coefficient (Wildman–Crippen LogP) is 5.04. The molecule has 0 heterocycles. The largest absolute Gasteiger partial charge is 0.351 e. The third-order valence-electron chi connectivity index (χ3n) is 3.43. The first kappa shape index (κ1) is 20.0. The molecule has 4 atom stereocenters. The lowest BCUT2D eigenvalue weighted by atomic mass is 9.88. The highest BCUT2D eigenvalue weighted by Gasteiger charge is 2.52. The van der Waals surface area contributed by atoms with Crippen LogP contribution in [0, 0.1) is 5.92 Å². The molecule has 1 aliphatic rings. The fourth-order valence-corrected chi connectivity index (χ4v) is 7.13. The molecular weight excluding hydrogens is 491 g/mol. The summed E-state index contributed by atoms with van der Waals surface area (Å²) in [5.74, 6) is -0.0236. The smallest absolute Gasteiger partial charge is 0.308 e. The molecule has 0 aromatic heterocycles. The normalized spacial score (nSPS) is 30.0. The van der Waals surface area contributed by atoms with E-state index in [2.05, 4.69) is 47.8 Å². The number of carbonyl (C=O) groups excluding carboxylic acids is 1. The lowest BCUT2D eigenvalue weighted by Crippen LogP contribution is -2.40. The first-order valence-electron chi connectivity index (χ1n) is 6.74. The second-order valence-electron chi connectivity index (χ2n) is 4.95. The summed E-state index contributed by atoms with van der Waals surface area (Å²) >= 11 is 10.5. The van der Waals surface area contributed by atoms with E-state index in [-0.39, 0.29) is 34.6 Å². The number of alkyl halides is 3. The zero-order valence-electron chi connectivity index (χ0n) is 12.4. The minimum absolute atomic E-state index is 0.0195. The Morgan fingerprint density at radius 3 is 2.14 bits per heavy atom. The summed E-state index contributed by atoms with van der Waals surface area (Å²) in [6, 6.07) is 0. The highest BCUT2D eigenvalue weighted by Crippen LogP contribution is 2.67. The molecule has 8 heteroatoms. The minimum atomic E-state index is -3.45. The molecule has 0 aromatic rings. The van der Waals surface area contributed by atoms with E-state index in [1.54, 1.807) is 20.8 Å². The van der Waals surface area contributed by atoms with Crippen molar-refractivity contribution in [2.45, 2.75) is 41.4 Å². The van der Waals surface area contributed by atoms with Gasteiger partial charge in [0.2, 0.25) is 0 Å². The Morgan fingerprint density at radius 2 is 1.71 bits per heavy atom. The zero-order chi connectivity index (χ0) is 16.4. The molecule has 0 saturated carbocycles. The van der Waals surface area contributed by atoms with Gasteiger partial charge in [-0.3, -0.25) is 9.36 Å². The van der Waals surface area contributed by atoms with Gasteiger partial charge >= 0.3 is 7.60 Å². The Labute approximate surface area is 151 Å². The number of carbonyl (C=O) groups is 1. The van der Waals surface area contributed by atoms with Gasteiger partial charge in [-0.2, -0.15) is 0 Å². The second-order valence-corrected chi connectivity index (χ2v) is 11.5. The maximum absolute atomic E-state index is 13.1. The highest BCUT2D eigenvalue weighted by atomic mass is 79.9. The van der Waals surface area contributed by atoms with Gasteiger partial charge in [-0.25, -0.2) is 0 Å². The van der Waals surface area contributed by atoms with E-state index < -0.39 is 11.7 Å². The number of ketones is 1. The average molecular weight is 511 g/mol. The lowest BCUT2D eigenvalue weighted by Gasteiger charge is -2.39. The Balaban J connectivity index is 3.30. The van der Waals surface area contributed by atoms with E-state index in [0.717, 1.165) is 0 Å². The SMILES string of the molecule is CCOP(=O)(OCC)C(C)(Br)C1=CC(=O)C(Br)C(C)C1Br. The molecule has 0 saturated heterocycles. The van der Waals surface area contributed by atoms with Gasteiger partial charge in [-0.1, -0.05) is 54.7 Å². The lowest BCUT2D eigenvalue weighted by molar-refractivity contribution is -0.115. The topological polar surface area (TPSA) is 52.6 Å². The molecule has 0 N–H and O–H groups in total. The Morgan fingerprint density at radius 1 is 1.24 bits per heavy atom. The maximum atomic E-state index is 13.1. The van der Waals surface area contributed by atoms with Gasteiger partial charge in [0.15, 0.2) is 5.78 Å². The molecule has 1 aliphatic carbocycles. The molecule has 1 rings (SSSR count). The van der Waals surface area contributed by atoms with Crippen LogP contribution in [-0.4, -0.2) is 32.7 Å². The molecule has 0 radical (unpaired) electrons. The number of hydrogen-bond acceptors (Lipinski definition) is 4. The van der Waals surface area contributed by atoms with E-state index >= 15 is 0 Å². The Bertz CT molecular complexity index is 468. The van der Waals surface area contributed by atoms with Crippen LogP contribution in [0.15, 0.2) is 11.6 Å². The van der Waals surface area contributed by atoms with Crippen LogP contribution in [-0.2, 0) is 18.4 Å². The first-order chi connectivity index (χ1) is 9.62. The van der Waals surface area contributed by atoms with Crippen LogP contribution < -0.4 is 0 Å². The summed E-state index contributed by atoms with van der Waals surface area (Å²) in [6.45, 7) is 7.75. The molecule has 4 unspecified atom stereocenters. The zero-order valence-corrected chi connectivity index (χ0v) is 18.1. The molecule has 0 amide bonds. The van der Waals surface area contributed by atoms with E-state index in [1.807, 2.05) is 6.92 Å². The molecule has 0 spiro atoms. The van der Waals surface area contributed by atoms with Gasteiger partial charge in [0, 0.05) is 4.83 Å². The van der Waals surface area contributed by atoms with Crippen molar-refractivity contribution in [1.82, 2.24) is 0 Å². The third-order valence-corrected chi connectivity index (χ3v) is 10.3. The molecule has 0 aliphatic heterocycles. The van der Waals surface area contributed by atoms with E-state index in [1.165, 1.54) is 6.08 Å². The van der Waals surface area contributed by atoms with Crippen molar-refractivity contribution in [3.05, 3.63) is 11.6 Å². The van der Waals surface area contributed by atoms with Crippen molar-refractivity contribution in [3.63, 3.8) is 0 Å². The quantitative estimate of drug-likeness (QED) is 0.371. The third kappa shape index (κ3) is 3.92. The van der Waals surface area contributed by atoms with Gasteiger partial charge in [-0.05, 0) is 38.3 Å². The Hall–Kier alpha value is 1.00. The standard InChI is InChI=1S/C13H20Br3O4P/c1-5-19-21(18,20-6-2)13(4,16)9-7-10(17)12(15)8(3)11(9)14/h7-8,11-12H,5-6H2,1-4H3. The van der Waals surface area contributed by atoms with Gasteiger partial charge < -0.3 is 9.05 Å². The van der Waals surface area contributed by atoms with Gasteiger partial charge in [0.05, 0.1) is 18.0 Å². The molecule has 0 aromatic carbocycles. The number of rotatable bonds is 6. The molecule has 4 nitrogen and oxygen atoms in total. The summed E-state index contributed by atoms with van der Waals surface area (Å²) in [6.07, 6.45) is 1.53. The summed E-state index contributed by atoms with van der Waals surface area (Å²) in [5, 5.41) is 0. The molecule has 122 valence electrons. The molecule has 0 bridgehead atoms. The molecule has 21 heavy (non-hydrogen) atoms. The maximum Gasteiger partial charge on any atom is 0.351 e. The van der Waals surface area contributed by atoms with Gasteiger partial charge in [-0.15, -0.1) is 0 Å². The van der Waals surface area contributed by atoms with Crippen LogP contribution in [0.1, 0.15) is 27.7 Å². The monoisotopic (exact) mass is 508 g/mol. The van der Waals surface area contributed by atoms with E-state index in [4.69, 9.17) is 9.05 Å². The van der Waals surface area contributed by atoms with Crippen LogP contribution in [0.5, 0.6) is 0 Å². The van der Waals surface area contributed by atoms with Crippen LogP contribution in [0.4, 0.5) is 0 Å². The van der Waals surface area contributed by atoms with Crippen molar-refractivity contribution < 1.29 is 18.4 Å². The highest BCUT2D eigenvalue weighted by molar-refractivity contribution is 9.11. The van der Waals surface area contributed by atoms with Crippen LogP contribution in [0.3, 0.4) is 0 Å². The van der Waals surface area contributed by atoms with Gasteiger partial charge in [0.1, 0.15) is 4.07 Å². The number of hydrogen-bond donors (Lipinski definition) is 0. The van der Waals surface area contributed by atoms with Crippen molar-refractivity contribution >= 4 is 61.2 Å². The van der Waals surface area contributed by atoms with Crippen LogP contribution in [0.2, 0.25) is 0 Å². The molecular formula is C13H20Br3O4P. The number of allylic oxidation sites excluding steroid dienone is 2. The average Bonchev–Trinajstić information content (AvgIpc) is 2.40. The molecule has 0 fully saturated rings. The summed E-state index contributed by atoms with van der Waals surface area (Å²) < 4.78 is 22.9. The van der Waals surface area contributed by atoms with Crippen LogP contribution in [0.25, 0.3) is 0 Å². The van der Waals surface area contributed by atoms with Crippen molar-refractivity contribution in [2.24, 2.45) is 5.92 Å². The predicted molar refractivity (Wildman–Crippen MR) is 95.9 cm³/mol. The second kappa shape index (κ2) is 7.71.